The number of hydrogen-bond donors (Lipinski definition) is 0. The summed E-state index contributed by atoms with van der Waals surface area (Å²) in [6.07, 6.45) is 3.30. The van der Waals surface area contributed by atoms with Gasteiger partial charge in [0.05, 0.1) is 9.95 Å². The van der Waals surface area contributed by atoms with E-state index in [9.17, 15) is 14.5 Å². The molecule has 80 valence electrons. The van der Waals surface area contributed by atoms with E-state index < -0.39 is 16.4 Å². The largest absolute Gasteiger partial charge is 0.306 e. The van der Waals surface area contributed by atoms with E-state index in [1.54, 1.807) is 12.2 Å². The average molecular weight is 295 g/mol. The normalized spacial score (nSPS) is 10.9. The van der Waals surface area contributed by atoms with Gasteiger partial charge in [0, 0.05) is 11.4 Å². The summed E-state index contributed by atoms with van der Waals surface area (Å²) in [6.45, 7) is 0. The van der Waals surface area contributed by atoms with Crippen molar-refractivity contribution in [2.24, 2.45) is 0 Å². The highest BCUT2D eigenvalue weighted by molar-refractivity contribution is 9.09. The molecule has 0 saturated heterocycles. The molecule has 0 N–H and O–H groups in total. The van der Waals surface area contributed by atoms with E-state index in [2.05, 4.69) is 15.9 Å². The van der Waals surface area contributed by atoms with E-state index in [1.807, 2.05) is 0 Å². The van der Waals surface area contributed by atoms with Crippen LogP contribution < -0.4 is 0 Å². The maximum Gasteiger partial charge on any atom is 0.306 e. The Morgan fingerprint density at radius 3 is 2.80 bits per heavy atom. The summed E-state index contributed by atoms with van der Waals surface area (Å²) in [7, 11) is 0. The molecule has 0 spiro atoms. The minimum absolute atomic E-state index is 0.153. The second kappa shape index (κ2) is 5.23. The first-order chi connectivity index (χ1) is 7.06. The molecule has 0 aliphatic heterocycles. The van der Waals surface area contributed by atoms with E-state index in [1.165, 1.54) is 0 Å². The Morgan fingerprint density at radius 1 is 1.60 bits per heavy atom. The van der Waals surface area contributed by atoms with Crippen LogP contribution in [-0.4, -0.2) is 10.3 Å². The summed E-state index contributed by atoms with van der Waals surface area (Å²) in [6, 6.07) is 2.05. The number of nitro groups is 1. The first-order valence-electron chi connectivity index (χ1n) is 3.92. The molecule has 1 aromatic rings. The number of benzene rings is 1. The second-order valence-electron chi connectivity index (χ2n) is 2.64. The van der Waals surface area contributed by atoms with Crippen molar-refractivity contribution in [1.29, 1.82) is 0 Å². The first kappa shape index (κ1) is 12.1. The van der Waals surface area contributed by atoms with Crippen molar-refractivity contribution in [3.8, 4) is 0 Å². The third-order valence-corrected chi connectivity index (χ3v) is 2.35. The van der Waals surface area contributed by atoms with Crippen LogP contribution in [0, 0.1) is 15.9 Å². The maximum atomic E-state index is 13.2. The van der Waals surface area contributed by atoms with E-state index >= 15 is 0 Å². The molecule has 0 aliphatic rings. The van der Waals surface area contributed by atoms with Crippen molar-refractivity contribution >= 4 is 39.3 Å². The molecule has 6 heteroatoms. The highest BCUT2D eigenvalue weighted by Crippen LogP contribution is 2.26. The van der Waals surface area contributed by atoms with E-state index in [4.69, 9.17) is 11.6 Å². The Hall–Kier alpha value is -0.940. The van der Waals surface area contributed by atoms with Crippen LogP contribution in [0.15, 0.2) is 18.2 Å². The molecular weight excluding hydrogens is 288 g/mol. The Bertz CT molecular complexity index is 423. The predicted octanol–water partition coefficient (Wildman–Crippen LogP) is 3.80. The summed E-state index contributed by atoms with van der Waals surface area (Å²) in [5.41, 5.74) is -0.199. The molecule has 0 radical (unpaired) electrons. The summed E-state index contributed by atoms with van der Waals surface area (Å²) < 4.78 is 13.2. The number of halogens is 3. The lowest BCUT2D eigenvalue weighted by molar-refractivity contribution is -0.387. The quantitative estimate of drug-likeness (QED) is 0.483. The highest BCUT2D eigenvalue weighted by Gasteiger charge is 2.16. The van der Waals surface area contributed by atoms with Gasteiger partial charge in [-0.3, -0.25) is 10.1 Å². The lowest BCUT2D eigenvalue weighted by Crippen LogP contribution is -1.93. The molecule has 0 fully saturated rings. The SMILES string of the molecule is O=[N+]([O-])c1cc(Cl)c(C=CCBr)cc1F. The van der Waals surface area contributed by atoms with E-state index in [0.29, 0.717) is 10.9 Å². The standard InChI is InChI=1S/C9H6BrClFNO2/c10-3-1-2-6-4-8(12)9(13(14)15)5-7(6)11/h1-2,4-5H,3H2. The molecule has 15 heavy (non-hydrogen) atoms. The van der Waals surface area contributed by atoms with Crippen LogP contribution in [0.4, 0.5) is 10.1 Å². The molecule has 0 atom stereocenters. The topological polar surface area (TPSA) is 43.1 Å². The van der Waals surface area contributed by atoms with Crippen LogP contribution in [0.2, 0.25) is 5.02 Å². The molecule has 1 rings (SSSR count). The van der Waals surface area contributed by atoms with Gasteiger partial charge in [0.15, 0.2) is 0 Å². The number of nitrogens with zero attached hydrogens (tertiary/aromatic N) is 1. The Labute approximate surface area is 98.8 Å². The zero-order valence-electron chi connectivity index (χ0n) is 7.41. The Balaban J connectivity index is 3.19. The molecule has 3 nitrogen and oxygen atoms in total. The third kappa shape index (κ3) is 3.00. The van der Waals surface area contributed by atoms with Gasteiger partial charge in [-0.05, 0) is 11.6 Å². The molecule has 0 aromatic heterocycles. The van der Waals surface area contributed by atoms with Crippen molar-refractivity contribution in [2.75, 3.05) is 5.33 Å². The fourth-order valence-corrected chi connectivity index (χ4v) is 1.40. The van der Waals surface area contributed by atoms with E-state index in [0.717, 1.165) is 12.1 Å². The number of nitro benzene ring substituents is 1. The third-order valence-electron chi connectivity index (χ3n) is 1.65. The van der Waals surface area contributed by atoms with Crippen molar-refractivity contribution in [2.45, 2.75) is 0 Å². The average Bonchev–Trinajstić information content (AvgIpc) is 2.18. The van der Waals surface area contributed by atoms with Gasteiger partial charge in [-0.2, -0.15) is 4.39 Å². The number of alkyl halides is 1. The monoisotopic (exact) mass is 293 g/mol. The van der Waals surface area contributed by atoms with Crippen molar-refractivity contribution < 1.29 is 9.31 Å². The van der Waals surface area contributed by atoms with Gasteiger partial charge in [0.1, 0.15) is 0 Å². The van der Waals surface area contributed by atoms with Crippen molar-refractivity contribution in [3.63, 3.8) is 0 Å². The fourth-order valence-electron chi connectivity index (χ4n) is 0.991. The maximum absolute atomic E-state index is 13.2. The van der Waals surface area contributed by atoms with Crippen LogP contribution >= 0.6 is 27.5 Å². The Kier molecular flexibility index (Phi) is 4.23. The second-order valence-corrected chi connectivity index (χ2v) is 3.69. The zero-order valence-corrected chi connectivity index (χ0v) is 9.76. The van der Waals surface area contributed by atoms with Gasteiger partial charge in [-0.1, -0.05) is 39.7 Å². The molecule has 0 saturated carbocycles. The van der Waals surface area contributed by atoms with Crippen LogP contribution in [-0.2, 0) is 0 Å². The molecule has 0 bridgehead atoms. The minimum atomic E-state index is -0.890. The summed E-state index contributed by atoms with van der Waals surface area (Å²) in [5, 5.41) is 11.1. The molecule has 0 aliphatic carbocycles. The van der Waals surface area contributed by atoms with Crippen molar-refractivity contribution in [3.05, 3.63) is 44.7 Å². The first-order valence-corrected chi connectivity index (χ1v) is 5.42. The van der Waals surface area contributed by atoms with Gasteiger partial charge in [-0.25, -0.2) is 0 Å². The summed E-state index contributed by atoms with van der Waals surface area (Å²) >= 11 is 8.90. The van der Waals surface area contributed by atoms with Crippen LogP contribution in [0.5, 0.6) is 0 Å². The van der Waals surface area contributed by atoms with Gasteiger partial charge in [-0.15, -0.1) is 0 Å². The van der Waals surface area contributed by atoms with E-state index in [-0.39, 0.29) is 5.02 Å². The Morgan fingerprint density at radius 2 is 2.27 bits per heavy atom. The van der Waals surface area contributed by atoms with Crippen molar-refractivity contribution in [1.82, 2.24) is 0 Å². The molecule has 1 aromatic carbocycles. The van der Waals surface area contributed by atoms with Gasteiger partial charge < -0.3 is 0 Å². The summed E-state index contributed by atoms with van der Waals surface area (Å²) in [4.78, 5) is 9.57. The smallest absolute Gasteiger partial charge is 0.258 e. The van der Waals surface area contributed by atoms with Crippen LogP contribution in [0.3, 0.4) is 0 Å². The minimum Gasteiger partial charge on any atom is -0.258 e. The van der Waals surface area contributed by atoms with Gasteiger partial charge in [0.2, 0.25) is 5.82 Å². The molecule has 0 unspecified atom stereocenters. The molecule has 0 heterocycles. The zero-order chi connectivity index (χ0) is 11.4. The predicted molar refractivity (Wildman–Crippen MR) is 60.9 cm³/mol. The summed E-state index contributed by atoms with van der Waals surface area (Å²) in [5.74, 6) is -0.890. The molecule has 0 amide bonds. The van der Waals surface area contributed by atoms with Gasteiger partial charge in [0.25, 0.3) is 0 Å². The number of allylic oxidation sites excluding steroid dienone is 1. The lowest BCUT2D eigenvalue weighted by Gasteiger charge is -1.99. The number of hydrogen-bond acceptors (Lipinski definition) is 2. The highest BCUT2D eigenvalue weighted by atomic mass is 79.9. The van der Waals surface area contributed by atoms with Crippen LogP contribution in [0.1, 0.15) is 5.56 Å². The van der Waals surface area contributed by atoms with Crippen LogP contribution in [0.25, 0.3) is 6.08 Å². The lowest BCUT2D eigenvalue weighted by atomic mass is 10.2. The fraction of sp³-hybridized carbons (Fsp3) is 0.111. The molecular formula is C9H6BrClFNO2. The number of rotatable bonds is 3. The van der Waals surface area contributed by atoms with Gasteiger partial charge >= 0.3 is 5.69 Å².